The van der Waals surface area contributed by atoms with E-state index in [9.17, 15) is 0 Å². The van der Waals surface area contributed by atoms with Crippen LogP contribution in [-0.2, 0) is 5.41 Å². The first kappa shape index (κ1) is 14.8. The Balaban J connectivity index is 2.74. The number of nitrogens with one attached hydrogen (secondary N) is 1. The summed E-state index contributed by atoms with van der Waals surface area (Å²) in [6.07, 6.45) is 0. The van der Waals surface area contributed by atoms with Crippen LogP contribution >= 0.6 is 23.2 Å². The van der Waals surface area contributed by atoms with E-state index in [1.807, 2.05) is 18.2 Å². The zero-order valence-corrected chi connectivity index (χ0v) is 12.5. The van der Waals surface area contributed by atoms with Crippen molar-refractivity contribution in [3.05, 3.63) is 33.8 Å². The largest absolute Gasteiger partial charge is 0.316 e. The van der Waals surface area contributed by atoms with E-state index in [4.69, 9.17) is 23.2 Å². The van der Waals surface area contributed by atoms with E-state index in [2.05, 4.69) is 33.0 Å². The minimum Gasteiger partial charge on any atom is -0.316 e. The van der Waals surface area contributed by atoms with Crippen LogP contribution in [-0.4, -0.2) is 13.1 Å². The summed E-state index contributed by atoms with van der Waals surface area (Å²) in [5, 5.41) is 4.90. The topological polar surface area (TPSA) is 12.0 Å². The average molecular weight is 274 g/mol. The van der Waals surface area contributed by atoms with Crippen LogP contribution in [0, 0.1) is 5.92 Å². The maximum absolute atomic E-state index is 6.24. The van der Waals surface area contributed by atoms with Crippen molar-refractivity contribution in [1.82, 2.24) is 5.32 Å². The lowest BCUT2D eigenvalue weighted by molar-refractivity contribution is 0.443. The second kappa shape index (κ2) is 6.08. The smallest absolute Gasteiger partial charge is 0.0458 e. The maximum atomic E-state index is 6.24. The second-order valence-electron chi connectivity index (χ2n) is 5.53. The molecule has 0 fully saturated rings. The molecule has 0 spiro atoms. The van der Waals surface area contributed by atoms with Gasteiger partial charge in [0.25, 0.3) is 0 Å². The first-order chi connectivity index (χ1) is 7.83. The van der Waals surface area contributed by atoms with Gasteiger partial charge in [-0.2, -0.15) is 0 Å². The third-order valence-corrected chi connectivity index (χ3v) is 3.33. The predicted octanol–water partition coefficient (Wildman–Crippen LogP) is 4.52. The normalized spacial score (nSPS) is 12.2. The molecule has 0 amide bonds. The summed E-state index contributed by atoms with van der Waals surface area (Å²) in [7, 11) is 0. The van der Waals surface area contributed by atoms with Gasteiger partial charge in [0, 0.05) is 22.0 Å². The Morgan fingerprint density at radius 1 is 1.24 bits per heavy atom. The van der Waals surface area contributed by atoms with E-state index in [1.54, 1.807) is 0 Å². The van der Waals surface area contributed by atoms with Gasteiger partial charge < -0.3 is 5.32 Å². The number of hydrogen-bond acceptors (Lipinski definition) is 1. The molecule has 0 aliphatic heterocycles. The molecule has 0 aromatic heterocycles. The summed E-state index contributed by atoms with van der Waals surface area (Å²) < 4.78 is 0. The van der Waals surface area contributed by atoms with Crippen LogP contribution in [0.25, 0.3) is 0 Å². The Hall–Kier alpha value is -0.240. The fourth-order valence-corrected chi connectivity index (χ4v) is 2.47. The van der Waals surface area contributed by atoms with Crippen molar-refractivity contribution in [2.75, 3.05) is 13.1 Å². The van der Waals surface area contributed by atoms with Crippen LogP contribution in [0.2, 0.25) is 10.0 Å². The van der Waals surface area contributed by atoms with Crippen molar-refractivity contribution in [1.29, 1.82) is 0 Å². The third-order valence-electron chi connectivity index (χ3n) is 2.78. The molecule has 0 saturated heterocycles. The number of halogens is 2. The van der Waals surface area contributed by atoms with Gasteiger partial charge in [-0.25, -0.2) is 0 Å². The van der Waals surface area contributed by atoms with Gasteiger partial charge in [-0.05, 0) is 30.2 Å². The molecule has 0 aliphatic rings. The highest BCUT2D eigenvalue weighted by atomic mass is 35.5. The molecular formula is C14H21Cl2N. The molecule has 3 heteroatoms. The molecule has 1 rings (SSSR count). The second-order valence-corrected chi connectivity index (χ2v) is 6.38. The summed E-state index contributed by atoms with van der Waals surface area (Å²) in [6, 6.07) is 5.72. The number of benzene rings is 1. The molecule has 1 aromatic carbocycles. The molecule has 0 radical (unpaired) electrons. The lowest BCUT2D eigenvalue weighted by atomic mass is 9.84. The minimum absolute atomic E-state index is 0.0105. The molecule has 96 valence electrons. The van der Waals surface area contributed by atoms with E-state index >= 15 is 0 Å². The highest BCUT2D eigenvalue weighted by Crippen LogP contribution is 2.31. The monoisotopic (exact) mass is 273 g/mol. The number of hydrogen-bond donors (Lipinski definition) is 1. The number of rotatable bonds is 5. The molecule has 0 heterocycles. The summed E-state index contributed by atoms with van der Waals surface area (Å²) in [5.74, 6) is 0.659. The summed E-state index contributed by atoms with van der Waals surface area (Å²) in [5.41, 5.74) is 1.15. The lowest BCUT2D eigenvalue weighted by Crippen LogP contribution is -2.35. The summed E-state index contributed by atoms with van der Waals surface area (Å²) in [4.78, 5) is 0. The van der Waals surface area contributed by atoms with Gasteiger partial charge in [-0.1, -0.05) is 57.0 Å². The summed E-state index contributed by atoms with van der Waals surface area (Å²) >= 11 is 12.2. The van der Waals surface area contributed by atoms with Crippen LogP contribution in [0.3, 0.4) is 0 Å². The molecule has 0 bridgehead atoms. The van der Waals surface area contributed by atoms with E-state index in [0.717, 1.165) is 23.7 Å². The average Bonchev–Trinajstić information content (AvgIpc) is 2.15. The Morgan fingerprint density at radius 2 is 1.88 bits per heavy atom. The molecular weight excluding hydrogens is 253 g/mol. The first-order valence-electron chi connectivity index (χ1n) is 5.99. The van der Waals surface area contributed by atoms with Crippen molar-refractivity contribution in [3.8, 4) is 0 Å². The minimum atomic E-state index is 0.0105. The summed E-state index contributed by atoms with van der Waals surface area (Å²) in [6.45, 7) is 10.7. The van der Waals surface area contributed by atoms with Crippen LogP contribution < -0.4 is 5.32 Å². The Morgan fingerprint density at radius 3 is 2.41 bits per heavy atom. The maximum Gasteiger partial charge on any atom is 0.0458 e. The standard InChI is InChI=1S/C14H21Cl2N/c1-10(2)8-17-9-14(3,4)12-6-5-11(15)7-13(12)16/h5-7,10,17H,8-9H2,1-4H3. The van der Waals surface area contributed by atoms with Crippen LogP contribution in [0.1, 0.15) is 33.3 Å². The third kappa shape index (κ3) is 4.50. The molecule has 0 unspecified atom stereocenters. The van der Waals surface area contributed by atoms with Gasteiger partial charge in [0.2, 0.25) is 0 Å². The molecule has 1 aromatic rings. The molecule has 0 aliphatic carbocycles. The molecule has 0 saturated carbocycles. The van der Waals surface area contributed by atoms with E-state index in [-0.39, 0.29) is 5.41 Å². The highest BCUT2D eigenvalue weighted by Gasteiger charge is 2.23. The van der Waals surface area contributed by atoms with Crippen LogP contribution in [0.4, 0.5) is 0 Å². The SMILES string of the molecule is CC(C)CNCC(C)(C)c1ccc(Cl)cc1Cl. The van der Waals surface area contributed by atoms with Crippen molar-refractivity contribution >= 4 is 23.2 Å². The quantitative estimate of drug-likeness (QED) is 0.832. The zero-order chi connectivity index (χ0) is 13.1. The van der Waals surface area contributed by atoms with Gasteiger partial charge in [0.15, 0.2) is 0 Å². The van der Waals surface area contributed by atoms with Gasteiger partial charge in [0.1, 0.15) is 0 Å². The van der Waals surface area contributed by atoms with E-state index < -0.39 is 0 Å². The Kier molecular flexibility index (Phi) is 5.30. The molecule has 0 atom stereocenters. The molecule has 1 nitrogen and oxygen atoms in total. The molecule has 1 N–H and O–H groups in total. The van der Waals surface area contributed by atoms with Crippen molar-refractivity contribution in [3.63, 3.8) is 0 Å². The van der Waals surface area contributed by atoms with Gasteiger partial charge in [-0.15, -0.1) is 0 Å². The van der Waals surface area contributed by atoms with E-state index in [1.165, 1.54) is 0 Å². The Labute approximate surface area is 115 Å². The zero-order valence-electron chi connectivity index (χ0n) is 11.0. The van der Waals surface area contributed by atoms with Gasteiger partial charge in [-0.3, -0.25) is 0 Å². The van der Waals surface area contributed by atoms with Crippen molar-refractivity contribution in [2.24, 2.45) is 5.92 Å². The van der Waals surface area contributed by atoms with Gasteiger partial charge in [0.05, 0.1) is 0 Å². The lowest BCUT2D eigenvalue weighted by Gasteiger charge is -2.27. The van der Waals surface area contributed by atoms with Crippen LogP contribution in [0.5, 0.6) is 0 Å². The van der Waals surface area contributed by atoms with E-state index in [0.29, 0.717) is 10.9 Å². The van der Waals surface area contributed by atoms with Crippen molar-refractivity contribution < 1.29 is 0 Å². The molecule has 17 heavy (non-hydrogen) atoms. The predicted molar refractivity (Wildman–Crippen MR) is 77.2 cm³/mol. The van der Waals surface area contributed by atoms with Crippen molar-refractivity contribution in [2.45, 2.75) is 33.1 Å². The first-order valence-corrected chi connectivity index (χ1v) is 6.75. The van der Waals surface area contributed by atoms with Gasteiger partial charge >= 0.3 is 0 Å². The fraction of sp³-hybridized carbons (Fsp3) is 0.571. The fourth-order valence-electron chi connectivity index (χ4n) is 1.81. The van der Waals surface area contributed by atoms with Crippen LogP contribution in [0.15, 0.2) is 18.2 Å². The highest BCUT2D eigenvalue weighted by molar-refractivity contribution is 6.35. The Bertz CT molecular complexity index is 372.